The minimum absolute atomic E-state index is 0.00962. The molecule has 1 saturated heterocycles. The van der Waals surface area contributed by atoms with Crippen molar-refractivity contribution in [2.75, 3.05) is 55.3 Å². The van der Waals surface area contributed by atoms with Gasteiger partial charge in [-0.3, -0.25) is 29.1 Å². The van der Waals surface area contributed by atoms with Crippen molar-refractivity contribution in [3.05, 3.63) is 88.9 Å². The van der Waals surface area contributed by atoms with E-state index < -0.39 is 49.0 Å². The highest BCUT2D eigenvalue weighted by atomic mass is 35.5. The van der Waals surface area contributed by atoms with Crippen LogP contribution in [0.15, 0.2) is 67.0 Å². The summed E-state index contributed by atoms with van der Waals surface area (Å²) in [5, 5.41) is 10.2. The Kier molecular flexibility index (Phi) is 26.8. The quantitative estimate of drug-likeness (QED) is 0.0478. The first-order valence-electron chi connectivity index (χ1n) is 20.1. The molecule has 4 amide bonds. The molecule has 16 nitrogen and oxygen atoms in total. The second kappa shape index (κ2) is 29.6. The standard InChI is InChI=1S/C17H17ClFNO4.C15H22ClNO2.C8H11Cl2NO.C3H8NO5P/c1-9(2)15-16(21)20(17(22)24-15)13-8-14(11(18)7-12(13)19)23-10-5-3-4-6-10;1-5-13-8-6-7-11(2)15(13)17(14(18)9-16)12(3)10-19-4;1-3-5-11(6-4-2)8(12)7(9)10;5-3(6)1-4-2-10(7,8)9/h7-8,10H,3-6H2,1-2H3;6-8,12H,5,9-10H2,1-4H3;3-4,7H,1-2,5-6H2;4H,1-2H2,(H,5,6)(H2,7,8,9). The van der Waals surface area contributed by atoms with Crippen LogP contribution in [0.25, 0.3) is 0 Å². The van der Waals surface area contributed by atoms with Crippen LogP contribution in [0.2, 0.25) is 5.02 Å². The third kappa shape index (κ3) is 19.8. The molecule has 0 spiro atoms. The van der Waals surface area contributed by atoms with Crippen LogP contribution >= 0.6 is 54.0 Å². The van der Waals surface area contributed by atoms with E-state index in [0.29, 0.717) is 30.2 Å². The number of ether oxygens (including phenoxy) is 3. The SMILES string of the molecule is C=CCN(CC=C)C(=O)C(Cl)Cl.CC(C)=C1OC(=O)N(c2cc(OC3CCCC3)c(Cl)cc2F)C1=O.CCc1cccc(C)c1N(C(=O)CCl)C(C)COC.O=C(O)CNCP(=O)(O)O. The Morgan fingerprint density at radius 3 is 2.17 bits per heavy atom. The average Bonchev–Trinajstić information content (AvgIpc) is 3.85. The van der Waals surface area contributed by atoms with Crippen molar-refractivity contribution in [2.45, 2.75) is 83.7 Å². The van der Waals surface area contributed by atoms with Gasteiger partial charge in [-0.15, -0.1) is 24.8 Å². The maximum Gasteiger partial charge on any atom is 0.427 e. The molecule has 4 N–H and O–H groups in total. The number of para-hydroxylation sites is 1. The zero-order valence-electron chi connectivity index (χ0n) is 37.2. The van der Waals surface area contributed by atoms with Gasteiger partial charge < -0.3 is 38.9 Å². The summed E-state index contributed by atoms with van der Waals surface area (Å²) in [7, 11) is -2.46. The second-order valence-electron chi connectivity index (χ2n) is 14.5. The molecule has 1 heterocycles. The van der Waals surface area contributed by atoms with E-state index in [1.807, 2.05) is 26.0 Å². The molecule has 2 fully saturated rings. The molecule has 22 heteroatoms. The maximum atomic E-state index is 14.3. The summed E-state index contributed by atoms with van der Waals surface area (Å²) >= 11 is 22.6. The van der Waals surface area contributed by atoms with E-state index in [2.05, 4.69) is 31.5 Å². The number of halogens is 5. The van der Waals surface area contributed by atoms with Gasteiger partial charge in [0.1, 0.15) is 17.4 Å². The van der Waals surface area contributed by atoms with E-state index >= 15 is 0 Å². The molecule has 1 aliphatic carbocycles. The zero-order chi connectivity index (χ0) is 49.6. The Balaban J connectivity index is 0.000000461. The Morgan fingerprint density at radius 2 is 1.71 bits per heavy atom. The summed E-state index contributed by atoms with van der Waals surface area (Å²) in [6, 6.07) is 8.37. The summed E-state index contributed by atoms with van der Waals surface area (Å²) in [5.74, 6) is -2.90. The van der Waals surface area contributed by atoms with Crippen molar-refractivity contribution in [3.63, 3.8) is 0 Å². The number of carboxylic acids is 1. The van der Waals surface area contributed by atoms with Crippen molar-refractivity contribution < 1.29 is 62.0 Å². The Bertz CT molecular complexity index is 2030. The second-order valence-corrected chi connectivity index (χ2v) is 17.9. The normalized spacial score (nSPS) is 13.9. The molecule has 1 atom stereocenters. The number of nitrogens with zero attached hydrogens (tertiary/aromatic N) is 3. The van der Waals surface area contributed by atoms with Crippen LogP contribution in [0, 0.1) is 12.7 Å². The maximum absolute atomic E-state index is 14.3. The van der Waals surface area contributed by atoms with Gasteiger partial charge in [0.2, 0.25) is 5.91 Å². The highest BCUT2D eigenvalue weighted by Crippen LogP contribution is 2.38. The molecule has 2 aromatic rings. The predicted octanol–water partition coefficient (Wildman–Crippen LogP) is 8.53. The van der Waals surface area contributed by atoms with E-state index in [0.717, 1.165) is 55.0 Å². The minimum atomic E-state index is -4.10. The Hall–Kier alpha value is -4.03. The fraction of sp³-hybridized carbons (Fsp3) is 0.465. The van der Waals surface area contributed by atoms with Crippen LogP contribution in [0.1, 0.15) is 64.5 Å². The number of rotatable bonds is 18. The van der Waals surface area contributed by atoms with E-state index in [9.17, 15) is 32.9 Å². The first-order chi connectivity index (χ1) is 30.5. The fourth-order valence-corrected chi connectivity index (χ4v) is 7.19. The lowest BCUT2D eigenvalue weighted by atomic mass is 10.0. The van der Waals surface area contributed by atoms with E-state index in [-0.39, 0.29) is 52.1 Å². The van der Waals surface area contributed by atoms with Gasteiger partial charge in [-0.2, -0.15) is 0 Å². The van der Waals surface area contributed by atoms with E-state index in [4.69, 9.17) is 75.5 Å². The number of anilines is 2. The van der Waals surface area contributed by atoms with Crippen LogP contribution in [-0.4, -0.2) is 112 Å². The lowest BCUT2D eigenvalue weighted by Crippen LogP contribution is -2.43. The summed E-state index contributed by atoms with van der Waals surface area (Å²) in [6.07, 6.45) is 6.50. The summed E-state index contributed by atoms with van der Waals surface area (Å²) < 4.78 is 40.3. The van der Waals surface area contributed by atoms with Gasteiger partial charge in [-0.05, 0) is 82.6 Å². The molecule has 2 aliphatic rings. The number of benzene rings is 2. The molecule has 1 saturated carbocycles. The van der Waals surface area contributed by atoms with Crippen LogP contribution in [-0.2, 0) is 39.6 Å². The largest absolute Gasteiger partial charge is 0.489 e. The van der Waals surface area contributed by atoms with Crippen LogP contribution < -0.4 is 19.9 Å². The highest BCUT2D eigenvalue weighted by molar-refractivity contribution is 7.51. The molecule has 362 valence electrons. The third-order valence-corrected chi connectivity index (χ3v) is 10.6. The van der Waals surface area contributed by atoms with Crippen LogP contribution in [0.5, 0.6) is 5.75 Å². The molecule has 4 rings (SSSR count). The number of carbonyl (C=O) groups is 5. The van der Waals surface area contributed by atoms with Crippen LogP contribution in [0.4, 0.5) is 20.6 Å². The van der Waals surface area contributed by atoms with E-state index in [1.165, 1.54) is 11.0 Å². The molecule has 0 radical (unpaired) electrons. The highest BCUT2D eigenvalue weighted by Gasteiger charge is 2.40. The van der Waals surface area contributed by atoms with Crippen molar-refractivity contribution >= 4 is 95.2 Å². The van der Waals surface area contributed by atoms with E-state index in [1.54, 1.807) is 38.0 Å². The van der Waals surface area contributed by atoms with Crippen molar-refractivity contribution in [2.24, 2.45) is 0 Å². The Labute approximate surface area is 399 Å². The summed E-state index contributed by atoms with van der Waals surface area (Å²) in [5.41, 5.74) is 3.52. The lowest BCUT2D eigenvalue weighted by Gasteiger charge is -2.31. The van der Waals surface area contributed by atoms with Gasteiger partial charge in [0, 0.05) is 26.3 Å². The Morgan fingerprint density at radius 1 is 1.11 bits per heavy atom. The molecule has 0 aromatic heterocycles. The number of imide groups is 1. The molecule has 65 heavy (non-hydrogen) atoms. The minimum Gasteiger partial charge on any atom is -0.489 e. The number of aliphatic carboxylic acids is 1. The summed E-state index contributed by atoms with van der Waals surface area (Å²) in [4.78, 5) is 76.7. The number of aryl methyl sites for hydroxylation is 2. The number of carboxylic acid groups (broad SMARTS) is 1. The topological polar surface area (TPSA) is 213 Å². The molecular formula is C43H58Cl4FN4O12P. The first-order valence-corrected chi connectivity index (χ1v) is 23.7. The predicted molar refractivity (Wildman–Crippen MR) is 252 cm³/mol. The third-order valence-electron chi connectivity index (χ3n) is 9.03. The monoisotopic (exact) mass is 1010 g/mol. The number of hydrogen-bond acceptors (Lipinski definition) is 10. The molecular weight excluding hydrogens is 956 g/mol. The molecule has 1 aliphatic heterocycles. The number of nitrogens with one attached hydrogen (secondary N) is 1. The average molecular weight is 1010 g/mol. The molecule has 2 aromatic carbocycles. The number of methoxy groups -OCH3 is 1. The number of alkyl halides is 3. The van der Waals surface area contributed by atoms with Gasteiger partial charge in [0.25, 0.3) is 5.91 Å². The number of allylic oxidation sites excluding steroid dienone is 1. The van der Waals surface area contributed by atoms with Crippen molar-refractivity contribution in [3.8, 4) is 5.75 Å². The zero-order valence-corrected chi connectivity index (χ0v) is 41.1. The van der Waals surface area contributed by atoms with Gasteiger partial charge in [-0.25, -0.2) is 14.1 Å². The lowest BCUT2D eigenvalue weighted by molar-refractivity contribution is -0.136. The van der Waals surface area contributed by atoms with Crippen molar-refractivity contribution in [1.82, 2.24) is 10.2 Å². The van der Waals surface area contributed by atoms with Crippen LogP contribution in [0.3, 0.4) is 0 Å². The molecule has 0 bridgehead atoms. The van der Waals surface area contributed by atoms with Gasteiger partial charge in [-0.1, -0.05) is 72.1 Å². The van der Waals surface area contributed by atoms with Gasteiger partial charge in [0.15, 0.2) is 10.6 Å². The number of amides is 4. The molecule has 1 unspecified atom stereocenters. The number of hydrogen-bond donors (Lipinski definition) is 4. The number of carbonyl (C=O) groups excluding carboxylic acids is 4. The van der Waals surface area contributed by atoms with Gasteiger partial charge >= 0.3 is 25.6 Å². The smallest absolute Gasteiger partial charge is 0.427 e. The fourth-order valence-electron chi connectivity index (χ4n) is 6.18. The van der Waals surface area contributed by atoms with Crippen molar-refractivity contribution in [1.29, 1.82) is 0 Å². The first kappa shape index (κ1) is 59.0. The summed E-state index contributed by atoms with van der Waals surface area (Å²) in [6.45, 7) is 17.3. The number of cyclic esters (lactones) is 1. The van der Waals surface area contributed by atoms with Gasteiger partial charge in [0.05, 0.1) is 48.0 Å².